The number of aliphatic hydroxyl groups is 1. The summed E-state index contributed by atoms with van der Waals surface area (Å²) in [7, 11) is 0. The predicted molar refractivity (Wildman–Crippen MR) is 85.1 cm³/mol. The maximum absolute atomic E-state index is 11.4. The number of amides is 1. The van der Waals surface area contributed by atoms with Crippen LogP contribution in [0, 0.1) is 0 Å². The molecule has 1 aliphatic rings. The van der Waals surface area contributed by atoms with E-state index in [9.17, 15) is 9.90 Å². The Labute approximate surface area is 129 Å². The van der Waals surface area contributed by atoms with Crippen molar-refractivity contribution < 1.29 is 14.6 Å². The van der Waals surface area contributed by atoms with Crippen molar-refractivity contribution in [2.75, 3.05) is 24.2 Å². The van der Waals surface area contributed by atoms with E-state index in [4.69, 9.17) is 4.74 Å². The van der Waals surface area contributed by atoms with Gasteiger partial charge in [-0.3, -0.25) is 4.79 Å². The summed E-state index contributed by atoms with van der Waals surface area (Å²) in [5.74, 6) is 1.09. The molecule has 0 saturated carbocycles. The zero-order valence-corrected chi connectivity index (χ0v) is 13.4. The number of aliphatic hydroxyl groups excluding tert-OH is 1. The summed E-state index contributed by atoms with van der Waals surface area (Å²) in [6.45, 7) is 6.82. The van der Waals surface area contributed by atoms with Gasteiger partial charge in [0.1, 0.15) is 18.5 Å². The van der Waals surface area contributed by atoms with Gasteiger partial charge >= 0.3 is 0 Å². The molecule has 1 aromatic carbocycles. The van der Waals surface area contributed by atoms with Crippen molar-refractivity contribution in [2.45, 2.75) is 37.3 Å². The highest BCUT2D eigenvalue weighted by Crippen LogP contribution is 2.34. The van der Waals surface area contributed by atoms with E-state index in [2.05, 4.69) is 10.6 Å². The van der Waals surface area contributed by atoms with Crippen LogP contribution in [-0.2, 0) is 4.79 Å². The van der Waals surface area contributed by atoms with Crippen LogP contribution < -0.4 is 15.4 Å². The first kappa shape index (κ1) is 16.1. The van der Waals surface area contributed by atoms with Crippen LogP contribution in [0.15, 0.2) is 23.1 Å². The third-order valence-electron chi connectivity index (χ3n) is 2.89. The number of benzene rings is 1. The fraction of sp³-hybridized carbons (Fsp3) is 0.533. The molecule has 1 amide bonds. The van der Waals surface area contributed by atoms with Crippen LogP contribution in [0.25, 0.3) is 0 Å². The zero-order valence-electron chi connectivity index (χ0n) is 12.6. The summed E-state index contributed by atoms with van der Waals surface area (Å²) in [4.78, 5) is 12.4. The van der Waals surface area contributed by atoms with Crippen LogP contribution in [0.5, 0.6) is 5.75 Å². The van der Waals surface area contributed by atoms with Gasteiger partial charge in [0.2, 0.25) is 5.91 Å². The van der Waals surface area contributed by atoms with Crippen LogP contribution in [0.1, 0.15) is 20.8 Å². The van der Waals surface area contributed by atoms with Crippen LogP contribution in [0.4, 0.5) is 5.69 Å². The molecule has 1 aromatic rings. The van der Waals surface area contributed by atoms with Gasteiger partial charge in [-0.1, -0.05) is 0 Å². The van der Waals surface area contributed by atoms with Crippen molar-refractivity contribution in [3.63, 3.8) is 0 Å². The average Bonchev–Trinajstić information content (AvgIpc) is 2.41. The molecule has 1 atom stereocenters. The summed E-state index contributed by atoms with van der Waals surface area (Å²) in [5, 5.41) is 15.9. The number of ether oxygens (including phenoxy) is 1. The van der Waals surface area contributed by atoms with Gasteiger partial charge in [0.15, 0.2) is 0 Å². The lowest BCUT2D eigenvalue weighted by Crippen LogP contribution is -2.42. The molecule has 0 aliphatic carbocycles. The maximum Gasteiger partial charge on any atom is 0.234 e. The Bertz CT molecular complexity index is 514. The first-order valence-electron chi connectivity index (χ1n) is 6.96. The average molecular weight is 310 g/mol. The van der Waals surface area contributed by atoms with Crippen molar-refractivity contribution in [3.05, 3.63) is 18.2 Å². The smallest absolute Gasteiger partial charge is 0.234 e. The molecule has 0 bridgehead atoms. The van der Waals surface area contributed by atoms with Crippen LogP contribution in [-0.4, -0.2) is 41.6 Å². The molecule has 116 valence electrons. The van der Waals surface area contributed by atoms with Crippen LogP contribution in [0.2, 0.25) is 0 Å². The maximum atomic E-state index is 11.4. The predicted octanol–water partition coefficient (Wildman–Crippen LogP) is 1.86. The van der Waals surface area contributed by atoms with Crippen molar-refractivity contribution >= 4 is 23.4 Å². The Kier molecular flexibility index (Phi) is 5.13. The van der Waals surface area contributed by atoms with E-state index < -0.39 is 6.10 Å². The Balaban J connectivity index is 1.86. The number of rotatable bonds is 5. The number of fused-ring (bicyclic) bond motifs is 1. The van der Waals surface area contributed by atoms with Gasteiger partial charge < -0.3 is 20.5 Å². The number of carbonyl (C=O) groups excluding carboxylic acids is 1. The fourth-order valence-electron chi connectivity index (χ4n) is 1.83. The van der Waals surface area contributed by atoms with Gasteiger partial charge in [-0.05, 0) is 32.9 Å². The standard InChI is InChI=1S/C15H22N2O3S/c1-15(2,3)16-7-10(18)8-20-11-4-5-13-12(6-11)17-14(19)9-21-13/h4-6,10,16,18H,7-9H2,1-3H3,(H,17,19). The molecule has 0 spiro atoms. The highest BCUT2D eigenvalue weighted by molar-refractivity contribution is 8.00. The molecule has 0 radical (unpaired) electrons. The number of nitrogens with one attached hydrogen (secondary N) is 2. The summed E-state index contributed by atoms with van der Waals surface area (Å²) >= 11 is 1.51. The van der Waals surface area contributed by atoms with E-state index in [-0.39, 0.29) is 18.1 Å². The van der Waals surface area contributed by atoms with Gasteiger partial charge in [0, 0.05) is 23.0 Å². The Morgan fingerprint density at radius 3 is 2.95 bits per heavy atom. The van der Waals surface area contributed by atoms with Crippen molar-refractivity contribution in [1.82, 2.24) is 5.32 Å². The largest absolute Gasteiger partial charge is 0.491 e. The lowest BCUT2D eigenvalue weighted by Gasteiger charge is -2.23. The number of anilines is 1. The SMILES string of the molecule is CC(C)(C)NCC(O)COc1ccc2c(c1)NC(=O)CS2. The van der Waals surface area contributed by atoms with E-state index in [0.29, 0.717) is 18.0 Å². The number of thioether (sulfide) groups is 1. The normalized spacial score (nSPS) is 16.1. The second-order valence-corrected chi connectivity index (χ2v) is 7.11. The number of β-amino-alcohol motifs (C(OH)–C–C–N with tert-alkyl or cyclic N) is 1. The Morgan fingerprint density at radius 2 is 2.24 bits per heavy atom. The summed E-state index contributed by atoms with van der Waals surface area (Å²) in [6.07, 6.45) is -0.579. The fourth-order valence-corrected chi connectivity index (χ4v) is 2.62. The van der Waals surface area contributed by atoms with Crippen molar-refractivity contribution in [1.29, 1.82) is 0 Å². The highest BCUT2D eigenvalue weighted by atomic mass is 32.2. The highest BCUT2D eigenvalue weighted by Gasteiger charge is 2.16. The number of hydrogen-bond acceptors (Lipinski definition) is 5. The molecule has 2 rings (SSSR count). The van der Waals surface area contributed by atoms with Gasteiger partial charge in [-0.15, -0.1) is 11.8 Å². The summed E-state index contributed by atoms with van der Waals surface area (Å²) < 4.78 is 5.58. The van der Waals surface area contributed by atoms with Crippen LogP contribution in [0.3, 0.4) is 0 Å². The molecule has 6 heteroatoms. The van der Waals surface area contributed by atoms with Gasteiger partial charge in [-0.25, -0.2) is 0 Å². The minimum atomic E-state index is -0.579. The molecule has 0 saturated heterocycles. The molecule has 3 N–H and O–H groups in total. The van der Waals surface area contributed by atoms with Crippen molar-refractivity contribution in [3.8, 4) is 5.75 Å². The van der Waals surface area contributed by atoms with E-state index in [1.54, 1.807) is 6.07 Å². The lowest BCUT2D eigenvalue weighted by atomic mass is 10.1. The third kappa shape index (κ3) is 5.22. The molecule has 1 heterocycles. The van der Waals surface area contributed by atoms with Gasteiger partial charge in [0.25, 0.3) is 0 Å². The molecular weight excluding hydrogens is 288 g/mol. The molecular formula is C15H22N2O3S. The minimum Gasteiger partial charge on any atom is -0.491 e. The van der Waals surface area contributed by atoms with Crippen LogP contribution >= 0.6 is 11.8 Å². The Morgan fingerprint density at radius 1 is 1.48 bits per heavy atom. The topological polar surface area (TPSA) is 70.6 Å². The van der Waals surface area contributed by atoms with E-state index in [0.717, 1.165) is 10.6 Å². The van der Waals surface area contributed by atoms with E-state index >= 15 is 0 Å². The third-order valence-corrected chi connectivity index (χ3v) is 3.97. The molecule has 0 fully saturated rings. The van der Waals surface area contributed by atoms with E-state index in [1.165, 1.54) is 11.8 Å². The van der Waals surface area contributed by atoms with Crippen molar-refractivity contribution in [2.24, 2.45) is 0 Å². The monoisotopic (exact) mass is 310 g/mol. The zero-order chi connectivity index (χ0) is 15.5. The van der Waals surface area contributed by atoms with E-state index in [1.807, 2.05) is 32.9 Å². The molecule has 1 aliphatic heterocycles. The minimum absolute atomic E-state index is 0.000869. The molecule has 1 unspecified atom stereocenters. The summed E-state index contributed by atoms with van der Waals surface area (Å²) in [5.41, 5.74) is 0.741. The molecule has 21 heavy (non-hydrogen) atoms. The Hall–Kier alpha value is -1.24. The summed E-state index contributed by atoms with van der Waals surface area (Å²) in [6, 6.07) is 5.57. The lowest BCUT2D eigenvalue weighted by molar-refractivity contribution is -0.113. The molecule has 0 aromatic heterocycles. The van der Waals surface area contributed by atoms with Gasteiger partial charge in [0.05, 0.1) is 11.4 Å². The second-order valence-electron chi connectivity index (χ2n) is 6.09. The number of hydrogen-bond donors (Lipinski definition) is 3. The number of carbonyl (C=O) groups is 1. The first-order chi connectivity index (χ1) is 9.83. The second kappa shape index (κ2) is 6.68. The molecule has 5 nitrogen and oxygen atoms in total. The first-order valence-corrected chi connectivity index (χ1v) is 7.95. The van der Waals surface area contributed by atoms with Gasteiger partial charge in [-0.2, -0.15) is 0 Å². The quantitative estimate of drug-likeness (QED) is 0.774.